The smallest absolute Gasteiger partial charge is 0.273 e. The third-order valence-corrected chi connectivity index (χ3v) is 4.88. The number of nitrogens with zero attached hydrogens (tertiary/aromatic N) is 2. The van der Waals surface area contributed by atoms with Crippen molar-refractivity contribution in [3.63, 3.8) is 0 Å². The molecule has 0 aromatic carbocycles. The molecule has 2 saturated carbocycles. The van der Waals surface area contributed by atoms with Crippen molar-refractivity contribution in [3.05, 3.63) is 17.5 Å². The summed E-state index contributed by atoms with van der Waals surface area (Å²) in [6.45, 7) is 3.32. The van der Waals surface area contributed by atoms with Gasteiger partial charge < -0.3 is 9.84 Å². The zero-order valence-electron chi connectivity index (χ0n) is 11.8. The van der Waals surface area contributed by atoms with E-state index in [0.717, 1.165) is 37.6 Å². The fraction of sp³-hybridized carbons (Fsp3) is 0.733. The predicted molar refractivity (Wildman–Crippen MR) is 73.5 cm³/mol. The fourth-order valence-corrected chi connectivity index (χ4v) is 3.28. The van der Waals surface area contributed by atoms with Crippen LogP contribution in [-0.4, -0.2) is 40.6 Å². The Morgan fingerprint density at radius 1 is 1.35 bits per heavy atom. The topological polar surface area (TPSA) is 58.4 Å². The zero-order chi connectivity index (χ0) is 13.7. The quantitative estimate of drug-likeness (QED) is 0.912. The molecule has 20 heavy (non-hydrogen) atoms. The van der Waals surface area contributed by atoms with E-state index in [9.17, 15) is 4.79 Å². The first kappa shape index (κ1) is 12.4. The Hall–Kier alpha value is -1.36. The molecule has 3 aliphatic rings. The average molecular weight is 275 g/mol. The van der Waals surface area contributed by atoms with Gasteiger partial charge in [-0.05, 0) is 39.0 Å². The lowest BCUT2D eigenvalue weighted by Gasteiger charge is -2.24. The lowest BCUT2D eigenvalue weighted by molar-refractivity contribution is 0.0917. The summed E-state index contributed by atoms with van der Waals surface area (Å²) >= 11 is 0. The first-order valence-corrected chi connectivity index (χ1v) is 7.75. The molecule has 5 nitrogen and oxygen atoms in total. The number of rotatable bonds is 4. The van der Waals surface area contributed by atoms with Gasteiger partial charge in [0.15, 0.2) is 5.69 Å². The lowest BCUT2D eigenvalue weighted by atomic mass is 10.1. The summed E-state index contributed by atoms with van der Waals surface area (Å²) in [5.74, 6) is 1.28. The predicted octanol–water partition coefficient (Wildman–Crippen LogP) is 1.91. The number of aromatic nitrogens is 1. The van der Waals surface area contributed by atoms with Gasteiger partial charge in [0.05, 0.1) is 0 Å². The van der Waals surface area contributed by atoms with E-state index < -0.39 is 0 Å². The number of likely N-dealkylation sites (tertiary alicyclic amines) is 1. The fourth-order valence-electron chi connectivity index (χ4n) is 3.28. The first-order valence-electron chi connectivity index (χ1n) is 7.75. The van der Waals surface area contributed by atoms with Crippen molar-refractivity contribution in [2.24, 2.45) is 0 Å². The van der Waals surface area contributed by atoms with Crippen molar-refractivity contribution < 1.29 is 9.32 Å². The minimum atomic E-state index is -0.0878. The maximum absolute atomic E-state index is 12.2. The third-order valence-electron chi connectivity index (χ3n) is 4.88. The molecular weight excluding hydrogens is 254 g/mol. The van der Waals surface area contributed by atoms with Gasteiger partial charge in [-0.2, -0.15) is 0 Å². The zero-order valence-corrected chi connectivity index (χ0v) is 11.8. The number of hydrogen-bond donors (Lipinski definition) is 1. The van der Waals surface area contributed by atoms with Crippen LogP contribution in [0.2, 0.25) is 0 Å². The van der Waals surface area contributed by atoms with E-state index in [1.807, 2.05) is 6.07 Å². The van der Waals surface area contributed by atoms with Crippen molar-refractivity contribution in [1.82, 2.24) is 15.4 Å². The summed E-state index contributed by atoms with van der Waals surface area (Å²) in [6, 6.07) is 3.25. The van der Waals surface area contributed by atoms with E-state index in [1.54, 1.807) is 0 Å². The molecule has 3 fully saturated rings. The van der Waals surface area contributed by atoms with Crippen molar-refractivity contribution in [3.8, 4) is 0 Å². The van der Waals surface area contributed by atoms with Crippen LogP contribution in [0.25, 0.3) is 0 Å². The van der Waals surface area contributed by atoms with Gasteiger partial charge in [0.25, 0.3) is 5.91 Å². The van der Waals surface area contributed by atoms with Gasteiger partial charge in [0, 0.05) is 36.7 Å². The number of hydrogen-bond acceptors (Lipinski definition) is 4. The molecule has 1 saturated heterocycles. The van der Waals surface area contributed by atoms with Crippen LogP contribution < -0.4 is 5.32 Å². The van der Waals surface area contributed by atoms with Gasteiger partial charge in [-0.25, -0.2) is 0 Å². The summed E-state index contributed by atoms with van der Waals surface area (Å²) in [4.78, 5) is 14.8. The molecule has 108 valence electrons. The Labute approximate surface area is 118 Å². The largest absolute Gasteiger partial charge is 0.360 e. The van der Waals surface area contributed by atoms with E-state index in [1.165, 1.54) is 12.8 Å². The van der Waals surface area contributed by atoms with Gasteiger partial charge in [0.1, 0.15) is 5.76 Å². The van der Waals surface area contributed by atoms with Crippen molar-refractivity contribution in [1.29, 1.82) is 0 Å². The highest BCUT2D eigenvalue weighted by Crippen LogP contribution is 2.40. The summed E-state index contributed by atoms with van der Waals surface area (Å²) in [5, 5.41) is 7.04. The Morgan fingerprint density at radius 3 is 2.85 bits per heavy atom. The molecule has 4 rings (SSSR count). The van der Waals surface area contributed by atoms with Gasteiger partial charge in [-0.15, -0.1) is 0 Å². The summed E-state index contributed by atoms with van der Waals surface area (Å²) < 4.78 is 5.25. The molecule has 2 atom stereocenters. The van der Waals surface area contributed by atoms with Crippen LogP contribution in [0.15, 0.2) is 10.6 Å². The van der Waals surface area contributed by atoms with Crippen molar-refractivity contribution in [2.75, 3.05) is 6.54 Å². The van der Waals surface area contributed by atoms with E-state index in [0.29, 0.717) is 17.7 Å². The Bertz CT molecular complexity index is 519. The first-order chi connectivity index (χ1) is 9.72. The van der Waals surface area contributed by atoms with E-state index in [2.05, 4.69) is 22.3 Å². The lowest BCUT2D eigenvalue weighted by Crippen LogP contribution is -2.44. The summed E-state index contributed by atoms with van der Waals surface area (Å²) in [6.07, 6.45) is 5.99. The molecule has 0 bridgehead atoms. The van der Waals surface area contributed by atoms with Crippen LogP contribution in [-0.2, 0) is 0 Å². The van der Waals surface area contributed by atoms with Gasteiger partial charge in [-0.3, -0.25) is 9.69 Å². The summed E-state index contributed by atoms with van der Waals surface area (Å²) in [5.41, 5.74) is 0.434. The van der Waals surface area contributed by atoms with Crippen LogP contribution in [0, 0.1) is 0 Å². The van der Waals surface area contributed by atoms with E-state index in [-0.39, 0.29) is 11.9 Å². The van der Waals surface area contributed by atoms with Crippen molar-refractivity contribution in [2.45, 2.75) is 63.1 Å². The maximum atomic E-state index is 12.2. The Balaban J connectivity index is 1.39. The third kappa shape index (κ3) is 2.24. The molecule has 1 N–H and O–H groups in total. The Morgan fingerprint density at radius 2 is 2.15 bits per heavy atom. The molecule has 1 amide bonds. The molecule has 1 aromatic heterocycles. The standard InChI is InChI=1S/C15H21N3O2/c1-9-12(6-7-18(9)11-4-5-11)16-15(19)13-8-14(20-17-13)10-2-3-10/h8-12H,2-7H2,1H3,(H,16,19)/t9-,12-/m0/s1. The second-order valence-electron chi connectivity index (χ2n) is 6.47. The summed E-state index contributed by atoms with van der Waals surface area (Å²) in [7, 11) is 0. The van der Waals surface area contributed by atoms with Crippen LogP contribution in [0.4, 0.5) is 0 Å². The SMILES string of the molecule is C[C@H]1[C@@H](NC(=O)c2cc(C3CC3)on2)CCN1C1CC1. The average Bonchev–Trinajstić information content (AvgIpc) is 3.37. The second kappa shape index (κ2) is 4.58. The maximum Gasteiger partial charge on any atom is 0.273 e. The minimum Gasteiger partial charge on any atom is -0.360 e. The molecule has 2 heterocycles. The number of nitrogens with one attached hydrogen (secondary N) is 1. The van der Waals surface area contributed by atoms with Crippen molar-refractivity contribution >= 4 is 5.91 Å². The van der Waals surface area contributed by atoms with E-state index >= 15 is 0 Å². The monoisotopic (exact) mass is 275 g/mol. The van der Waals surface area contributed by atoms with Crippen LogP contribution in [0.1, 0.15) is 61.2 Å². The minimum absolute atomic E-state index is 0.0878. The van der Waals surface area contributed by atoms with Gasteiger partial charge in [-0.1, -0.05) is 5.16 Å². The molecule has 1 aromatic rings. The molecule has 0 unspecified atom stereocenters. The molecule has 0 spiro atoms. The molecule has 2 aliphatic carbocycles. The molecular formula is C15H21N3O2. The second-order valence-corrected chi connectivity index (χ2v) is 6.47. The highest BCUT2D eigenvalue weighted by molar-refractivity contribution is 5.92. The highest BCUT2D eigenvalue weighted by Gasteiger charge is 2.40. The Kier molecular flexibility index (Phi) is 2.84. The molecule has 1 aliphatic heterocycles. The normalized spacial score (nSPS) is 30.6. The number of amides is 1. The molecule has 5 heteroatoms. The highest BCUT2D eigenvalue weighted by atomic mass is 16.5. The molecule has 0 radical (unpaired) electrons. The van der Waals surface area contributed by atoms with Gasteiger partial charge >= 0.3 is 0 Å². The van der Waals surface area contributed by atoms with Crippen LogP contribution >= 0.6 is 0 Å². The van der Waals surface area contributed by atoms with Crippen LogP contribution in [0.3, 0.4) is 0 Å². The van der Waals surface area contributed by atoms with E-state index in [4.69, 9.17) is 4.52 Å². The van der Waals surface area contributed by atoms with Crippen LogP contribution in [0.5, 0.6) is 0 Å². The number of carbonyl (C=O) groups excluding carboxylic acids is 1. The van der Waals surface area contributed by atoms with Gasteiger partial charge in [0.2, 0.25) is 0 Å². The number of carbonyl (C=O) groups is 1.